The van der Waals surface area contributed by atoms with Crippen molar-refractivity contribution in [3.8, 4) is 0 Å². The van der Waals surface area contributed by atoms with Crippen LogP contribution in [-0.2, 0) is 0 Å². The van der Waals surface area contributed by atoms with E-state index in [0.717, 1.165) is 33.4 Å². The van der Waals surface area contributed by atoms with E-state index in [1.165, 1.54) is 25.7 Å². The fourth-order valence-electron chi connectivity index (χ4n) is 3.52. The van der Waals surface area contributed by atoms with Gasteiger partial charge >= 0.3 is 0 Å². The van der Waals surface area contributed by atoms with Crippen LogP contribution in [0.25, 0.3) is 0 Å². The zero-order chi connectivity index (χ0) is 13.4. The van der Waals surface area contributed by atoms with Gasteiger partial charge in [-0.15, -0.1) is 0 Å². The maximum Gasteiger partial charge on any atom is 0.255 e. The second kappa shape index (κ2) is 5.57. The molecule has 1 amide bonds. The maximum atomic E-state index is 12.8. The van der Waals surface area contributed by atoms with Gasteiger partial charge in [0, 0.05) is 21.5 Å². The van der Waals surface area contributed by atoms with E-state index in [-0.39, 0.29) is 5.91 Å². The van der Waals surface area contributed by atoms with Gasteiger partial charge in [0.15, 0.2) is 0 Å². The summed E-state index contributed by atoms with van der Waals surface area (Å²) in [4.78, 5) is 14.9. The number of amides is 1. The maximum absolute atomic E-state index is 12.8. The van der Waals surface area contributed by atoms with Gasteiger partial charge in [0.1, 0.15) is 0 Å². The summed E-state index contributed by atoms with van der Waals surface area (Å²) in [6, 6.07) is 6.29. The minimum absolute atomic E-state index is 0.185. The SMILES string of the molecule is O=C(c1cc(Br)ccc1Br)N1CCCC2CCCC21. The first-order valence-electron chi connectivity index (χ1n) is 6.93. The lowest BCUT2D eigenvalue weighted by Gasteiger charge is -2.38. The molecule has 2 fully saturated rings. The van der Waals surface area contributed by atoms with Gasteiger partial charge in [0.25, 0.3) is 5.91 Å². The molecule has 1 aromatic rings. The normalized spacial score (nSPS) is 26.3. The highest BCUT2D eigenvalue weighted by atomic mass is 79.9. The Morgan fingerprint density at radius 1 is 1.16 bits per heavy atom. The molecule has 4 heteroatoms. The van der Waals surface area contributed by atoms with Crippen molar-refractivity contribution in [3.63, 3.8) is 0 Å². The first-order valence-corrected chi connectivity index (χ1v) is 8.51. The van der Waals surface area contributed by atoms with E-state index in [0.29, 0.717) is 6.04 Å². The predicted molar refractivity (Wildman–Crippen MR) is 83.2 cm³/mol. The Bertz CT molecular complexity index is 503. The van der Waals surface area contributed by atoms with E-state index < -0.39 is 0 Å². The number of carbonyl (C=O) groups is 1. The topological polar surface area (TPSA) is 20.3 Å². The van der Waals surface area contributed by atoms with E-state index >= 15 is 0 Å². The summed E-state index contributed by atoms with van der Waals surface area (Å²) in [6.45, 7) is 0.916. The summed E-state index contributed by atoms with van der Waals surface area (Å²) in [6.07, 6.45) is 6.21. The highest BCUT2D eigenvalue weighted by Gasteiger charge is 2.37. The Morgan fingerprint density at radius 2 is 1.95 bits per heavy atom. The number of piperidine rings is 1. The van der Waals surface area contributed by atoms with Crippen LogP contribution in [0.4, 0.5) is 0 Å². The molecule has 1 saturated carbocycles. The smallest absolute Gasteiger partial charge is 0.255 e. The van der Waals surface area contributed by atoms with Crippen molar-refractivity contribution >= 4 is 37.8 Å². The predicted octanol–water partition coefficient (Wildman–Crippen LogP) is 4.62. The summed E-state index contributed by atoms with van der Waals surface area (Å²) < 4.78 is 1.85. The van der Waals surface area contributed by atoms with Gasteiger partial charge in [-0.3, -0.25) is 4.79 Å². The fraction of sp³-hybridized carbons (Fsp3) is 0.533. The van der Waals surface area contributed by atoms with Crippen molar-refractivity contribution in [1.29, 1.82) is 0 Å². The van der Waals surface area contributed by atoms with Crippen LogP contribution in [0.5, 0.6) is 0 Å². The van der Waals surface area contributed by atoms with Gasteiger partial charge in [-0.1, -0.05) is 22.4 Å². The Labute approximate surface area is 130 Å². The van der Waals surface area contributed by atoms with Crippen molar-refractivity contribution in [3.05, 3.63) is 32.7 Å². The van der Waals surface area contributed by atoms with E-state index in [9.17, 15) is 4.79 Å². The van der Waals surface area contributed by atoms with Gasteiger partial charge in [-0.05, 0) is 65.7 Å². The first kappa shape index (κ1) is 13.6. The molecule has 0 radical (unpaired) electrons. The number of hydrogen-bond acceptors (Lipinski definition) is 1. The van der Waals surface area contributed by atoms with Crippen molar-refractivity contribution < 1.29 is 4.79 Å². The molecule has 102 valence electrons. The average molecular weight is 387 g/mol. The molecule has 0 aromatic heterocycles. The molecule has 1 aromatic carbocycles. The van der Waals surface area contributed by atoms with Crippen LogP contribution in [0, 0.1) is 5.92 Å². The van der Waals surface area contributed by atoms with E-state index in [1.807, 2.05) is 18.2 Å². The lowest BCUT2D eigenvalue weighted by Crippen LogP contribution is -2.46. The van der Waals surface area contributed by atoms with Gasteiger partial charge in [-0.25, -0.2) is 0 Å². The number of likely N-dealkylation sites (tertiary alicyclic amines) is 1. The Hall–Kier alpha value is -0.350. The molecule has 1 aliphatic heterocycles. The fourth-order valence-corrected chi connectivity index (χ4v) is 4.30. The molecule has 2 unspecified atom stereocenters. The third kappa shape index (κ3) is 2.62. The third-order valence-electron chi connectivity index (χ3n) is 4.41. The number of nitrogens with zero attached hydrogens (tertiary/aromatic N) is 1. The molecule has 1 heterocycles. The molecule has 3 rings (SSSR count). The minimum Gasteiger partial charge on any atom is -0.335 e. The van der Waals surface area contributed by atoms with Crippen LogP contribution in [0.1, 0.15) is 42.5 Å². The molecule has 2 aliphatic rings. The molecule has 0 bridgehead atoms. The number of benzene rings is 1. The Morgan fingerprint density at radius 3 is 2.79 bits per heavy atom. The van der Waals surface area contributed by atoms with Gasteiger partial charge in [0.05, 0.1) is 5.56 Å². The van der Waals surface area contributed by atoms with Crippen molar-refractivity contribution in [2.45, 2.75) is 38.1 Å². The molecule has 1 saturated heterocycles. The van der Waals surface area contributed by atoms with Crippen LogP contribution < -0.4 is 0 Å². The largest absolute Gasteiger partial charge is 0.335 e. The molecule has 1 aliphatic carbocycles. The first-order chi connectivity index (χ1) is 9.16. The number of carbonyl (C=O) groups excluding carboxylic acids is 1. The lowest BCUT2D eigenvalue weighted by atomic mass is 9.91. The highest BCUT2D eigenvalue weighted by Crippen LogP contribution is 2.38. The van der Waals surface area contributed by atoms with E-state index in [4.69, 9.17) is 0 Å². The third-order valence-corrected chi connectivity index (χ3v) is 5.60. The second-order valence-electron chi connectivity index (χ2n) is 5.52. The molecule has 0 N–H and O–H groups in total. The minimum atomic E-state index is 0.185. The van der Waals surface area contributed by atoms with Gasteiger partial charge in [0.2, 0.25) is 0 Å². The van der Waals surface area contributed by atoms with Crippen LogP contribution >= 0.6 is 31.9 Å². The molecular weight excluding hydrogens is 370 g/mol. The quantitative estimate of drug-likeness (QED) is 0.689. The summed E-state index contributed by atoms with van der Waals surface area (Å²) >= 11 is 6.96. The summed E-state index contributed by atoms with van der Waals surface area (Å²) in [5.74, 6) is 0.924. The van der Waals surface area contributed by atoms with E-state index in [1.54, 1.807) is 0 Å². The molecule has 2 atom stereocenters. The van der Waals surface area contributed by atoms with Crippen molar-refractivity contribution in [1.82, 2.24) is 4.90 Å². The summed E-state index contributed by atoms with van der Waals surface area (Å²) in [5, 5.41) is 0. The standard InChI is InChI=1S/C15H17Br2NO/c16-11-6-7-13(17)12(9-11)15(19)18-8-2-4-10-3-1-5-14(10)18/h6-7,9-10,14H,1-5,8H2. The Balaban J connectivity index is 1.88. The summed E-state index contributed by atoms with van der Waals surface area (Å²) in [5.41, 5.74) is 0.780. The number of fused-ring (bicyclic) bond motifs is 1. The average Bonchev–Trinajstić information content (AvgIpc) is 2.89. The number of halogens is 2. The number of hydrogen-bond donors (Lipinski definition) is 0. The van der Waals surface area contributed by atoms with Crippen molar-refractivity contribution in [2.24, 2.45) is 5.92 Å². The lowest BCUT2D eigenvalue weighted by molar-refractivity contribution is 0.0547. The highest BCUT2D eigenvalue weighted by molar-refractivity contribution is 9.11. The second-order valence-corrected chi connectivity index (χ2v) is 7.29. The van der Waals surface area contributed by atoms with Gasteiger partial charge in [-0.2, -0.15) is 0 Å². The summed E-state index contributed by atoms with van der Waals surface area (Å²) in [7, 11) is 0. The van der Waals surface area contributed by atoms with Crippen molar-refractivity contribution in [2.75, 3.05) is 6.54 Å². The molecule has 19 heavy (non-hydrogen) atoms. The van der Waals surface area contributed by atoms with Crippen LogP contribution in [0.3, 0.4) is 0 Å². The van der Waals surface area contributed by atoms with Crippen LogP contribution in [-0.4, -0.2) is 23.4 Å². The monoisotopic (exact) mass is 385 g/mol. The van der Waals surface area contributed by atoms with Gasteiger partial charge < -0.3 is 4.90 Å². The van der Waals surface area contributed by atoms with Crippen LogP contribution in [0.15, 0.2) is 27.1 Å². The van der Waals surface area contributed by atoms with Crippen LogP contribution in [0.2, 0.25) is 0 Å². The number of rotatable bonds is 1. The molecular formula is C15H17Br2NO. The zero-order valence-electron chi connectivity index (χ0n) is 10.7. The molecule has 0 spiro atoms. The zero-order valence-corrected chi connectivity index (χ0v) is 13.9. The molecule has 2 nitrogen and oxygen atoms in total. The van der Waals surface area contributed by atoms with E-state index in [2.05, 4.69) is 36.8 Å². The Kier molecular flexibility index (Phi) is 3.99.